The topological polar surface area (TPSA) is 69.3 Å². The molecular weight excluding hydrogens is 318 g/mol. The highest BCUT2D eigenvalue weighted by molar-refractivity contribution is 6.02. The number of furan rings is 1. The number of benzene rings is 1. The summed E-state index contributed by atoms with van der Waals surface area (Å²) in [5.41, 5.74) is 3.69. The van der Waals surface area contributed by atoms with Gasteiger partial charge in [-0.1, -0.05) is 6.07 Å². The van der Waals surface area contributed by atoms with Crippen LogP contribution in [0.1, 0.15) is 33.1 Å². The Hall–Kier alpha value is -3.02. The molecule has 25 heavy (non-hydrogen) atoms. The molecule has 0 aliphatic rings. The number of aryl methyl sites for hydroxylation is 4. The number of anilines is 1. The van der Waals surface area contributed by atoms with Gasteiger partial charge in [0.05, 0.1) is 11.4 Å². The molecule has 1 aromatic carbocycles. The van der Waals surface area contributed by atoms with Gasteiger partial charge in [-0.3, -0.25) is 9.48 Å². The monoisotopic (exact) mass is 339 g/mol. The Labute approximate surface area is 146 Å². The van der Waals surface area contributed by atoms with Gasteiger partial charge in [-0.05, 0) is 56.2 Å². The van der Waals surface area contributed by atoms with Gasteiger partial charge < -0.3 is 14.5 Å². The van der Waals surface area contributed by atoms with Crippen molar-refractivity contribution < 1.29 is 13.9 Å². The summed E-state index contributed by atoms with van der Waals surface area (Å²) in [6.07, 6.45) is 1.75. The second-order valence-electron chi connectivity index (χ2n) is 6.13. The smallest absolute Gasteiger partial charge is 0.291 e. The van der Waals surface area contributed by atoms with Crippen molar-refractivity contribution in [2.45, 2.75) is 27.4 Å². The van der Waals surface area contributed by atoms with Gasteiger partial charge in [0.15, 0.2) is 5.76 Å². The Bertz CT molecular complexity index is 888. The summed E-state index contributed by atoms with van der Waals surface area (Å²) >= 11 is 0. The summed E-state index contributed by atoms with van der Waals surface area (Å²) in [6, 6.07) is 9.40. The summed E-state index contributed by atoms with van der Waals surface area (Å²) in [5.74, 6) is 1.30. The van der Waals surface area contributed by atoms with E-state index in [0.29, 0.717) is 11.4 Å². The summed E-state index contributed by atoms with van der Waals surface area (Å²) in [5, 5.41) is 6.98. The first-order chi connectivity index (χ1) is 11.9. The van der Waals surface area contributed by atoms with Crippen molar-refractivity contribution in [3.05, 3.63) is 64.9 Å². The third-order valence-electron chi connectivity index (χ3n) is 3.72. The van der Waals surface area contributed by atoms with Crippen LogP contribution in [-0.4, -0.2) is 15.7 Å². The lowest BCUT2D eigenvalue weighted by molar-refractivity contribution is 0.0992. The van der Waals surface area contributed by atoms with E-state index in [2.05, 4.69) is 16.5 Å². The average molecular weight is 339 g/mol. The largest absolute Gasteiger partial charge is 0.486 e. The van der Waals surface area contributed by atoms with Crippen molar-refractivity contribution in [2.24, 2.45) is 7.05 Å². The normalized spacial score (nSPS) is 10.7. The van der Waals surface area contributed by atoms with E-state index in [1.807, 2.05) is 32.9 Å². The van der Waals surface area contributed by atoms with E-state index >= 15 is 0 Å². The van der Waals surface area contributed by atoms with Gasteiger partial charge in [0.2, 0.25) is 0 Å². The molecule has 6 nitrogen and oxygen atoms in total. The molecule has 0 saturated heterocycles. The lowest BCUT2D eigenvalue weighted by Gasteiger charge is -2.06. The molecule has 0 aliphatic carbocycles. The summed E-state index contributed by atoms with van der Waals surface area (Å²) in [4.78, 5) is 12.3. The number of aromatic nitrogens is 2. The van der Waals surface area contributed by atoms with Crippen LogP contribution in [0.15, 0.2) is 40.9 Å². The van der Waals surface area contributed by atoms with E-state index in [0.717, 1.165) is 22.6 Å². The first kappa shape index (κ1) is 16.8. The minimum Gasteiger partial charge on any atom is -0.486 e. The zero-order chi connectivity index (χ0) is 18.0. The number of carbonyl (C=O) groups is 1. The molecular formula is C19H21N3O3. The van der Waals surface area contributed by atoms with Crippen LogP contribution in [0, 0.1) is 20.8 Å². The van der Waals surface area contributed by atoms with Crippen LogP contribution >= 0.6 is 0 Å². The number of rotatable bonds is 5. The first-order valence-electron chi connectivity index (χ1n) is 8.02. The third-order valence-corrected chi connectivity index (χ3v) is 3.72. The van der Waals surface area contributed by atoms with Crippen molar-refractivity contribution in [1.29, 1.82) is 0 Å². The van der Waals surface area contributed by atoms with Crippen LogP contribution in [0.25, 0.3) is 0 Å². The van der Waals surface area contributed by atoms with Gasteiger partial charge in [0, 0.05) is 13.2 Å². The number of nitrogens with zero attached hydrogens (tertiary/aromatic N) is 2. The Morgan fingerprint density at radius 3 is 2.56 bits per heavy atom. The van der Waals surface area contributed by atoms with Gasteiger partial charge >= 0.3 is 0 Å². The van der Waals surface area contributed by atoms with Crippen LogP contribution in [0.3, 0.4) is 0 Å². The Morgan fingerprint density at radius 2 is 1.92 bits per heavy atom. The number of hydrogen-bond acceptors (Lipinski definition) is 4. The maximum absolute atomic E-state index is 12.3. The number of hydrogen-bond donors (Lipinski definition) is 1. The molecule has 0 radical (unpaired) electrons. The summed E-state index contributed by atoms with van der Waals surface area (Å²) in [6.45, 7) is 6.15. The SMILES string of the molecule is Cc1cc(C)cc(OCc2ccc(C(=O)Nc3cn(C)nc3C)o2)c1. The van der Waals surface area contributed by atoms with Crippen molar-refractivity contribution in [1.82, 2.24) is 9.78 Å². The highest BCUT2D eigenvalue weighted by Gasteiger charge is 2.14. The van der Waals surface area contributed by atoms with Gasteiger partial charge in [-0.2, -0.15) is 5.10 Å². The van der Waals surface area contributed by atoms with E-state index in [1.165, 1.54) is 0 Å². The van der Waals surface area contributed by atoms with Gasteiger partial charge in [-0.25, -0.2) is 0 Å². The highest BCUT2D eigenvalue weighted by atomic mass is 16.5. The standard InChI is InChI=1S/C19H21N3O3/c1-12-7-13(2)9-16(8-12)24-11-15-5-6-18(25-15)19(23)20-17-10-22(4)21-14(17)3/h5-10H,11H2,1-4H3,(H,20,23). The predicted molar refractivity (Wildman–Crippen MR) is 94.9 cm³/mol. The molecule has 0 bridgehead atoms. The number of amides is 1. The van der Waals surface area contributed by atoms with Crippen LogP contribution < -0.4 is 10.1 Å². The molecule has 0 aliphatic heterocycles. The molecule has 1 N–H and O–H groups in total. The second-order valence-corrected chi connectivity index (χ2v) is 6.13. The molecule has 0 unspecified atom stereocenters. The molecule has 0 saturated carbocycles. The van der Waals surface area contributed by atoms with Crippen LogP contribution in [0.4, 0.5) is 5.69 Å². The zero-order valence-corrected chi connectivity index (χ0v) is 14.8. The molecule has 0 spiro atoms. The predicted octanol–water partition coefficient (Wildman–Crippen LogP) is 3.77. The number of ether oxygens (including phenoxy) is 1. The first-order valence-corrected chi connectivity index (χ1v) is 8.02. The highest BCUT2D eigenvalue weighted by Crippen LogP contribution is 2.19. The van der Waals surface area contributed by atoms with Crippen LogP contribution in [-0.2, 0) is 13.7 Å². The lowest BCUT2D eigenvalue weighted by Crippen LogP contribution is -2.11. The quantitative estimate of drug-likeness (QED) is 0.768. The van der Waals surface area contributed by atoms with E-state index in [-0.39, 0.29) is 18.3 Å². The fraction of sp³-hybridized carbons (Fsp3) is 0.263. The van der Waals surface area contributed by atoms with Gasteiger partial charge in [0.1, 0.15) is 18.1 Å². The maximum Gasteiger partial charge on any atom is 0.291 e. The molecule has 0 atom stereocenters. The van der Waals surface area contributed by atoms with Crippen molar-refractivity contribution in [2.75, 3.05) is 5.32 Å². The minimum absolute atomic E-state index is 0.238. The third kappa shape index (κ3) is 4.09. The molecule has 2 aromatic heterocycles. The fourth-order valence-corrected chi connectivity index (χ4v) is 2.65. The second kappa shape index (κ2) is 6.84. The van der Waals surface area contributed by atoms with Gasteiger partial charge in [0.25, 0.3) is 5.91 Å². The average Bonchev–Trinajstić information content (AvgIpc) is 3.11. The van der Waals surface area contributed by atoms with E-state index in [4.69, 9.17) is 9.15 Å². The molecule has 130 valence electrons. The minimum atomic E-state index is -0.311. The number of carbonyl (C=O) groups excluding carboxylic acids is 1. The Kier molecular flexibility index (Phi) is 4.61. The van der Waals surface area contributed by atoms with Crippen molar-refractivity contribution in [3.63, 3.8) is 0 Å². The summed E-state index contributed by atoms with van der Waals surface area (Å²) in [7, 11) is 1.80. The molecule has 0 fully saturated rings. The molecule has 2 heterocycles. The molecule has 3 rings (SSSR count). The maximum atomic E-state index is 12.3. The van der Waals surface area contributed by atoms with Crippen LogP contribution in [0.5, 0.6) is 5.75 Å². The van der Waals surface area contributed by atoms with E-state index in [9.17, 15) is 4.79 Å². The zero-order valence-electron chi connectivity index (χ0n) is 14.8. The fourth-order valence-electron chi connectivity index (χ4n) is 2.65. The molecule has 3 aromatic rings. The van der Waals surface area contributed by atoms with E-state index in [1.54, 1.807) is 30.1 Å². The number of nitrogens with one attached hydrogen (secondary N) is 1. The molecule has 1 amide bonds. The van der Waals surface area contributed by atoms with Crippen molar-refractivity contribution in [3.8, 4) is 5.75 Å². The van der Waals surface area contributed by atoms with E-state index < -0.39 is 0 Å². The lowest BCUT2D eigenvalue weighted by atomic mass is 10.1. The molecule has 6 heteroatoms. The van der Waals surface area contributed by atoms with Crippen LogP contribution in [0.2, 0.25) is 0 Å². The Balaban J connectivity index is 1.63. The summed E-state index contributed by atoms with van der Waals surface area (Å²) < 4.78 is 13.0. The van der Waals surface area contributed by atoms with Crippen molar-refractivity contribution >= 4 is 11.6 Å². The van der Waals surface area contributed by atoms with Gasteiger partial charge in [-0.15, -0.1) is 0 Å². The Morgan fingerprint density at radius 1 is 1.20 bits per heavy atom.